The van der Waals surface area contributed by atoms with E-state index in [1.807, 2.05) is 54.7 Å². The van der Waals surface area contributed by atoms with Gasteiger partial charge in [-0.1, -0.05) is 42.1 Å². The van der Waals surface area contributed by atoms with E-state index in [0.29, 0.717) is 11.6 Å². The molecule has 0 radical (unpaired) electrons. The number of amidine groups is 1. The minimum Gasteiger partial charge on any atom is -0.497 e. The molecule has 7 heteroatoms. The number of amides is 1. The molecule has 1 saturated heterocycles. The quantitative estimate of drug-likeness (QED) is 0.528. The molecule has 0 bridgehead atoms. The molecule has 1 aliphatic rings. The fourth-order valence-electron chi connectivity index (χ4n) is 2.91. The minimum atomic E-state index is -0.208. The summed E-state index contributed by atoms with van der Waals surface area (Å²) in [5.41, 5.74) is 3.08. The fourth-order valence-corrected chi connectivity index (χ4v) is 3.87. The molecule has 0 spiro atoms. The van der Waals surface area contributed by atoms with Crippen LogP contribution in [0.5, 0.6) is 5.75 Å². The lowest BCUT2D eigenvalue weighted by Crippen LogP contribution is -2.25. The number of hydrogen-bond donors (Lipinski definition) is 2. The van der Waals surface area contributed by atoms with Gasteiger partial charge >= 0.3 is 0 Å². The second kappa shape index (κ2) is 7.67. The number of H-pyrrole nitrogens is 1. The maximum atomic E-state index is 12.2. The van der Waals surface area contributed by atoms with Gasteiger partial charge in [0, 0.05) is 22.7 Å². The topological polar surface area (TPSA) is 78.8 Å². The van der Waals surface area contributed by atoms with Crippen LogP contribution in [0.3, 0.4) is 0 Å². The zero-order valence-electron chi connectivity index (χ0n) is 14.7. The molecule has 2 N–H and O–H groups in total. The molecule has 1 amide bonds. The van der Waals surface area contributed by atoms with Gasteiger partial charge in [-0.2, -0.15) is 5.10 Å². The number of nitrogens with one attached hydrogen (secondary N) is 2. The highest BCUT2D eigenvalue weighted by molar-refractivity contribution is 8.15. The Balaban J connectivity index is 1.42. The van der Waals surface area contributed by atoms with Gasteiger partial charge in [-0.15, -0.1) is 5.10 Å². The molecule has 1 aliphatic heterocycles. The van der Waals surface area contributed by atoms with Crippen LogP contribution < -0.4 is 10.1 Å². The number of aromatic nitrogens is 1. The zero-order valence-corrected chi connectivity index (χ0v) is 15.5. The van der Waals surface area contributed by atoms with Gasteiger partial charge in [-0.05, 0) is 30.2 Å². The van der Waals surface area contributed by atoms with Gasteiger partial charge in [-0.25, -0.2) is 0 Å². The van der Waals surface area contributed by atoms with Gasteiger partial charge in [-0.3, -0.25) is 4.79 Å². The molecule has 1 aromatic heterocycles. The highest BCUT2D eigenvalue weighted by Gasteiger charge is 2.30. The van der Waals surface area contributed by atoms with Crippen molar-refractivity contribution in [1.82, 2.24) is 10.3 Å². The van der Waals surface area contributed by atoms with Crippen LogP contribution in [-0.2, 0) is 11.2 Å². The van der Waals surface area contributed by atoms with E-state index in [1.54, 1.807) is 13.3 Å². The predicted octanol–water partition coefficient (Wildman–Crippen LogP) is 3.34. The van der Waals surface area contributed by atoms with E-state index in [-0.39, 0.29) is 11.2 Å². The van der Waals surface area contributed by atoms with Crippen LogP contribution >= 0.6 is 11.8 Å². The van der Waals surface area contributed by atoms with Gasteiger partial charge < -0.3 is 15.0 Å². The number of rotatable bonds is 5. The van der Waals surface area contributed by atoms with E-state index in [1.165, 1.54) is 11.8 Å². The third kappa shape index (κ3) is 3.88. The first kappa shape index (κ1) is 17.4. The van der Waals surface area contributed by atoms with Crippen LogP contribution in [0.1, 0.15) is 11.1 Å². The lowest BCUT2D eigenvalue weighted by molar-refractivity contribution is -0.118. The van der Waals surface area contributed by atoms with E-state index < -0.39 is 0 Å². The second-order valence-corrected chi connectivity index (χ2v) is 7.28. The van der Waals surface area contributed by atoms with Gasteiger partial charge in [0.05, 0.1) is 18.6 Å². The standard InChI is InChI=1S/C20H18N4O2S/c1-26-15-8-6-13(7-9-15)10-18-19(25)23-20(27-18)24-22-12-14-11-21-17-5-3-2-4-16(14)17/h2-9,11-12,18,21H,10H2,1H3,(H,23,24,25). The average molecular weight is 378 g/mol. The molecule has 27 heavy (non-hydrogen) atoms. The molecule has 136 valence electrons. The number of benzene rings is 2. The van der Waals surface area contributed by atoms with Gasteiger partial charge in [0.25, 0.3) is 0 Å². The summed E-state index contributed by atoms with van der Waals surface area (Å²) >= 11 is 1.40. The average Bonchev–Trinajstić information content (AvgIpc) is 3.26. The fraction of sp³-hybridized carbons (Fsp3) is 0.150. The number of carbonyl (C=O) groups is 1. The summed E-state index contributed by atoms with van der Waals surface area (Å²) in [6.45, 7) is 0. The molecule has 1 fully saturated rings. The summed E-state index contributed by atoms with van der Waals surface area (Å²) in [5.74, 6) is 0.757. The molecular weight excluding hydrogens is 360 g/mol. The lowest BCUT2D eigenvalue weighted by Gasteiger charge is -2.06. The Bertz CT molecular complexity index is 1020. The van der Waals surface area contributed by atoms with Crippen molar-refractivity contribution < 1.29 is 9.53 Å². The Kier molecular flexibility index (Phi) is 4.93. The highest BCUT2D eigenvalue weighted by Crippen LogP contribution is 2.24. The van der Waals surface area contributed by atoms with Crippen LogP contribution in [-0.4, -0.2) is 34.6 Å². The summed E-state index contributed by atoms with van der Waals surface area (Å²) < 4.78 is 5.16. The van der Waals surface area contributed by atoms with E-state index >= 15 is 0 Å². The summed E-state index contributed by atoms with van der Waals surface area (Å²) in [7, 11) is 1.63. The number of fused-ring (bicyclic) bond motifs is 1. The smallest absolute Gasteiger partial charge is 0.239 e. The van der Waals surface area contributed by atoms with Crippen molar-refractivity contribution in [2.45, 2.75) is 11.7 Å². The Morgan fingerprint density at radius 1 is 1.19 bits per heavy atom. The van der Waals surface area contributed by atoms with Crippen molar-refractivity contribution in [3.63, 3.8) is 0 Å². The maximum absolute atomic E-state index is 12.2. The van der Waals surface area contributed by atoms with Gasteiger partial charge in [0.15, 0.2) is 5.17 Å². The largest absolute Gasteiger partial charge is 0.497 e. The molecule has 2 heterocycles. The SMILES string of the molecule is COc1ccc(CC2SC(=NN=Cc3c[nH]c4ccccc34)NC2=O)cc1. The van der Waals surface area contributed by atoms with Crippen molar-refractivity contribution >= 4 is 40.0 Å². The Morgan fingerprint density at radius 2 is 2.00 bits per heavy atom. The van der Waals surface area contributed by atoms with E-state index in [2.05, 4.69) is 20.5 Å². The monoisotopic (exact) mass is 378 g/mol. The van der Waals surface area contributed by atoms with Crippen LogP contribution in [0.25, 0.3) is 10.9 Å². The van der Waals surface area contributed by atoms with Crippen molar-refractivity contribution in [3.05, 3.63) is 65.9 Å². The summed E-state index contributed by atoms with van der Waals surface area (Å²) in [5, 5.41) is 12.5. The summed E-state index contributed by atoms with van der Waals surface area (Å²) in [6, 6.07) is 15.7. The number of aromatic amines is 1. The Morgan fingerprint density at radius 3 is 2.81 bits per heavy atom. The second-order valence-electron chi connectivity index (χ2n) is 6.09. The Labute approximate surface area is 160 Å². The highest BCUT2D eigenvalue weighted by atomic mass is 32.2. The van der Waals surface area contributed by atoms with E-state index in [4.69, 9.17) is 4.74 Å². The molecule has 1 unspecified atom stereocenters. The van der Waals surface area contributed by atoms with Crippen LogP contribution in [0, 0.1) is 0 Å². The number of methoxy groups -OCH3 is 1. The number of thioether (sulfide) groups is 1. The van der Waals surface area contributed by atoms with Crippen molar-refractivity contribution in [3.8, 4) is 5.75 Å². The minimum absolute atomic E-state index is 0.0446. The van der Waals surface area contributed by atoms with E-state index in [0.717, 1.165) is 27.8 Å². The first-order valence-corrected chi connectivity index (χ1v) is 9.38. The summed E-state index contributed by atoms with van der Waals surface area (Å²) in [4.78, 5) is 15.4. The number of hydrogen-bond acceptors (Lipinski definition) is 5. The van der Waals surface area contributed by atoms with Crippen molar-refractivity contribution in [1.29, 1.82) is 0 Å². The number of para-hydroxylation sites is 1. The lowest BCUT2D eigenvalue weighted by atomic mass is 10.1. The number of carbonyl (C=O) groups excluding carboxylic acids is 1. The predicted molar refractivity (Wildman–Crippen MR) is 110 cm³/mol. The normalized spacial score (nSPS) is 18.5. The molecular formula is C20H18N4O2S. The zero-order chi connectivity index (χ0) is 18.6. The third-order valence-corrected chi connectivity index (χ3v) is 5.40. The maximum Gasteiger partial charge on any atom is 0.239 e. The van der Waals surface area contributed by atoms with Gasteiger partial charge in [0.1, 0.15) is 5.75 Å². The van der Waals surface area contributed by atoms with Gasteiger partial charge in [0.2, 0.25) is 5.91 Å². The van der Waals surface area contributed by atoms with Crippen molar-refractivity contribution in [2.24, 2.45) is 10.2 Å². The molecule has 3 aromatic rings. The molecule has 6 nitrogen and oxygen atoms in total. The summed E-state index contributed by atoms with van der Waals surface area (Å²) in [6.07, 6.45) is 4.21. The first-order chi connectivity index (χ1) is 13.2. The van der Waals surface area contributed by atoms with E-state index in [9.17, 15) is 4.79 Å². The molecule has 4 rings (SSSR count). The van der Waals surface area contributed by atoms with Crippen LogP contribution in [0.4, 0.5) is 0 Å². The molecule has 2 aromatic carbocycles. The number of nitrogens with zero attached hydrogens (tertiary/aromatic N) is 2. The molecule has 0 aliphatic carbocycles. The Hall–Kier alpha value is -3.06. The number of ether oxygens (including phenoxy) is 1. The van der Waals surface area contributed by atoms with Crippen LogP contribution in [0.15, 0.2) is 64.9 Å². The molecule has 1 atom stereocenters. The third-order valence-electron chi connectivity index (χ3n) is 4.32. The van der Waals surface area contributed by atoms with Crippen LogP contribution in [0.2, 0.25) is 0 Å². The first-order valence-electron chi connectivity index (χ1n) is 8.50. The van der Waals surface area contributed by atoms with Crippen molar-refractivity contribution in [2.75, 3.05) is 7.11 Å². The molecule has 0 saturated carbocycles.